The summed E-state index contributed by atoms with van der Waals surface area (Å²) < 4.78 is 0. The van der Waals surface area contributed by atoms with Gasteiger partial charge < -0.3 is 16.0 Å². The molecule has 0 bridgehead atoms. The van der Waals surface area contributed by atoms with E-state index in [-0.39, 0.29) is 17.9 Å². The average Bonchev–Trinajstić information content (AvgIpc) is 3.25. The van der Waals surface area contributed by atoms with Gasteiger partial charge >= 0.3 is 0 Å². The third-order valence-electron chi connectivity index (χ3n) is 5.47. The van der Waals surface area contributed by atoms with Gasteiger partial charge in [0.1, 0.15) is 6.04 Å². The molecule has 3 N–H and O–H groups in total. The number of hydrogen-bond donors (Lipinski definition) is 2. The molecular formula is C24H31N3O2. The molecule has 2 amide bonds. The fourth-order valence-electron chi connectivity index (χ4n) is 3.84. The summed E-state index contributed by atoms with van der Waals surface area (Å²) in [6.07, 6.45) is 4.88. The van der Waals surface area contributed by atoms with E-state index in [9.17, 15) is 9.59 Å². The van der Waals surface area contributed by atoms with Crippen LogP contribution < -0.4 is 11.1 Å². The lowest BCUT2D eigenvalue weighted by Crippen LogP contribution is -2.46. The molecule has 1 heterocycles. The van der Waals surface area contributed by atoms with E-state index in [0.29, 0.717) is 26.1 Å². The summed E-state index contributed by atoms with van der Waals surface area (Å²) in [5.41, 5.74) is 8.76. The fraction of sp³-hybridized carbons (Fsp3) is 0.417. The van der Waals surface area contributed by atoms with Crippen LogP contribution in [0.25, 0.3) is 11.1 Å². The highest BCUT2D eigenvalue weighted by molar-refractivity contribution is 5.89. The summed E-state index contributed by atoms with van der Waals surface area (Å²) in [4.78, 5) is 27.1. The highest BCUT2D eigenvalue weighted by atomic mass is 16.2. The summed E-state index contributed by atoms with van der Waals surface area (Å²) in [6.45, 7) is 2.00. The van der Waals surface area contributed by atoms with Crippen LogP contribution in [0, 0.1) is 0 Å². The minimum atomic E-state index is -0.333. The van der Waals surface area contributed by atoms with Crippen molar-refractivity contribution in [1.29, 1.82) is 0 Å². The number of carbonyl (C=O) groups is 2. The molecule has 5 heteroatoms. The van der Waals surface area contributed by atoms with Gasteiger partial charge in [-0.2, -0.15) is 0 Å². The Morgan fingerprint density at radius 2 is 1.69 bits per heavy atom. The number of hydrogen-bond acceptors (Lipinski definition) is 3. The van der Waals surface area contributed by atoms with E-state index in [2.05, 4.69) is 17.4 Å². The average molecular weight is 394 g/mol. The van der Waals surface area contributed by atoms with Crippen LogP contribution in [0.3, 0.4) is 0 Å². The maximum absolute atomic E-state index is 12.8. The third-order valence-corrected chi connectivity index (χ3v) is 5.47. The number of likely N-dealkylation sites (tertiary alicyclic amines) is 1. The second-order valence-electron chi connectivity index (χ2n) is 7.63. The van der Waals surface area contributed by atoms with Gasteiger partial charge in [0, 0.05) is 13.1 Å². The van der Waals surface area contributed by atoms with E-state index in [4.69, 9.17) is 5.73 Å². The standard InChI is InChI=1S/C24H31N3O2/c25-15-5-2-6-16-26-24(29)22-10-7-17-27(22)23(28)18-19-11-13-21(14-12-19)20-8-3-1-4-9-20/h1,3-4,8-9,11-14,22H,2,5-7,10,15-18,25H2,(H,26,29). The fourth-order valence-corrected chi connectivity index (χ4v) is 3.84. The van der Waals surface area contributed by atoms with Crippen LogP contribution in [0.15, 0.2) is 54.6 Å². The molecule has 1 unspecified atom stereocenters. The van der Waals surface area contributed by atoms with Crippen molar-refractivity contribution in [2.24, 2.45) is 5.73 Å². The molecule has 1 aliphatic rings. The molecule has 29 heavy (non-hydrogen) atoms. The Morgan fingerprint density at radius 3 is 2.41 bits per heavy atom. The summed E-state index contributed by atoms with van der Waals surface area (Å²) in [5, 5.41) is 2.98. The molecule has 0 saturated carbocycles. The maximum Gasteiger partial charge on any atom is 0.242 e. The first kappa shape index (κ1) is 21.1. The second-order valence-corrected chi connectivity index (χ2v) is 7.63. The van der Waals surface area contributed by atoms with Gasteiger partial charge in [-0.05, 0) is 48.9 Å². The van der Waals surface area contributed by atoms with Crippen molar-refractivity contribution in [3.63, 3.8) is 0 Å². The predicted octanol–water partition coefficient (Wildman–Crippen LogP) is 3.13. The van der Waals surface area contributed by atoms with Crippen LogP contribution in [0.1, 0.15) is 37.7 Å². The molecule has 1 fully saturated rings. The van der Waals surface area contributed by atoms with E-state index < -0.39 is 0 Å². The van der Waals surface area contributed by atoms with Crippen molar-refractivity contribution in [3.8, 4) is 11.1 Å². The molecule has 0 aromatic heterocycles. The first-order valence-electron chi connectivity index (χ1n) is 10.6. The lowest BCUT2D eigenvalue weighted by Gasteiger charge is -2.24. The summed E-state index contributed by atoms with van der Waals surface area (Å²) in [6, 6.07) is 18.0. The predicted molar refractivity (Wildman–Crippen MR) is 116 cm³/mol. The van der Waals surface area contributed by atoms with Crippen LogP contribution >= 0.6 is 0 Å². The molecule has 154 valence electrons. The number of carbonyl (C=O) groups excluding carboxylic acids is 2. The zero-order valence-electron chi connectivity index (χ0n) is 17.0. The van der Waals surface area contributed by atoms with E-state index in [1.54, 1.807) is 4.90 Å². The van der Waals surface area contributed by atoms with Crippen LogP contribution in [0.2, 0.25) is 0 Å². The normalized spacial score (nSPS) is 16.0. The number of rotatable bonds is 9. The van der Waals surface area contributed by atoms with Crippen molar-refractivity contribution < 1.29 is 9.59 Å². The van der Waals surface area contributed by atoms with E-state index in [0.717, 1.165) is 48.8 Å². The van der Waals surface area contributed by atoms with Gasteiger partial charge in [0.2, 0.25) is 11.8 Å². The topological polar surface area (TPSA) is 75.4 Å². The number of nitrogens with two attached hydrogens (primary N) is 1. The van der Waals surface area contributed by atoms with Crippen molar-refractivity contribution in [2.75, 3.05) is 19.6 Å². The highest BCUT2D eigenvalue weighted by Crippen LogP contribution is 2.22. The lowest BCUT2D eigenvalue weighted by molar-refractivity contribution is -0.137. The Hall–Kier alpha value is -2.66. The van der Waals surface area contributed by atoms with Crippen molar-refractivity contribution >= 4 is 11.8 Å². The first-order chi connectivity index (χ1) is 14.2. The summed E-state index contributed by atoms with van der Waals surface area (Å²) >= 11 is 0. The lowest BCUT2D eigenvalue weighted by atomic mass is 10.0. The van der Waals surface area contributed by atoms with Crippen molar-refractivity contribution in [1.82, 2.24) is 10.2 Å². The van der Waals surface area contributed by atoms with Crippen LogP contribution in [-0.4, -0.2) is 42.4 Å². The quantitative estimate of drug-likeness (QED) is 0.643. The largest absolute Gasteiger partial charge is 0.354 e. The number of nitrogens with one attached hydrogen (secondary N) is 1. The summed E-state index contributed by atoms with van der Waals surface area (Å²) in [7, 11) is 0. The minimum Gasteiger partial charge on any atom is -0.354 e. The molecule has 0 radical (unpaired) electrons. The van der Waals surface area contributed by atoms with Crippen molar-refractivity contribution in [3.05, 3.63) is 60.2 Å². The Balaban J connectivity index is 1.53. The molecule has 0 aliphatic carbocycles. The molecule has 1 atom stereocenters. The monoisotopic (exact) mass is 393 g/mol. The molecular weight excluding hydrogens is 362 g/mol. The molecule has 0 spiro atoms. The molecule has 2 aromatic rings. The first-order valence-corrected chi connectivity index (χ1v) is 10.6. The number of unbranched alkanes of at least 4 members (excludes halogenated alkanes) is 2. The second kappa shape index (κ2) is 10.8. The van der Waals surface area contributed by atoms with Gasteiger partial charge in [-0.3, -0.25) is 9.59 Å². The minimum absolute atomic E-state index is 0.0250. The van der Waals surface area contributed by atoms with Gasteiger partial charge in [0.25, 0.3) is 0 Å². The Labute approximate surface area is 173 Å². The highest BCUT2D eigenvalue weighted by Gasteiger charge is 2.33. The number of amides is 2. The van der Waals surface area contributed by atoms with Crippen LogP contribution in [0.4, 0.5) is 0 Å². The van der Waals surface area contributed by atoms with Gasteiger partial charge in [-0.1, -0.05) is 61.0 Å². The van der Waals surface area contributed by atoms with Gasteiger partial charge in [0.15, 0.2) is 0 Å². The number of nitrogens with zero attached hydrogens (tertiary/aromatic N) is 1. The van der Waals surface area contributed by atoms with Crippen LogP contribution in [-0.2, 0) is 16.0 Å². The molecule has 2 aromatic carbocycles. The van der Waals surface area contributed by atoms with E-state index in [1.807, 2.05) is 42.5 Å². The Kier molecular flexibility index (Phi) is 7.82. The van der Waals surface area contributed by atoms with E-state index >= 15 is 0 Å². The molecule has 1 saturated heterocycles. The van der Waals surface area contributed by atoms with Gasteiger partial charge in [0.05, 0.1) is 6.42 Å². The van der Waals surface area contributed by atoms with Crippen molar-refractivity contribution in [2.45, 2.75) is 44.6 Å². The van der Waals surface area contributed by atoms with Gasteiger partial charge in [-0.25, -0.2) is 0 Å². The molecule has 1 aliphatic heterocycles. The SMILES string of the molecule is NCCCCCNC(=O)C1CCCN1C(=O)Cc1ccc(-c2ccccc2)cc1. The zero-order valence-corrected chi connectivity index (χ0v) is 17.0. The molecule has 3 rings (SSSR count). The van der Waals surface area contributed by atoms with Gasteiger partial charge in [-0.15, -0.1) is 0 Å². The molecule has 5 nitrogen and oxygen atoms in total. The Bertz CT molecular complexity index is 790. The third kappa shape index (κ3) is 5.91. The number of benzene rings is 2. The summed E-state index contributed by atoms with van der Waals surface area (Å²) in [5.74, 6) is 0.00117. The smallest absolute Gasteiger partial charge is 0.242 e. The Morgan fingerprint density at radius 1 is 0.966 bits per heavy atom. The zero-order chi connectivity index (χ0) is 20.5. The van der Waals surface area contributed by atoms with E-state index in [1.165, 1.54) is 0 Å². The van der Waals surface area contributed by atoms with Crippen LogP contribution in [0.5, 0.6) is 0 Å². The maximum atomic E-state index is 12.8.